The molecule has 0 aliphatic carbocycles. The highest BCUT2D eigenvalue weighted by Gasteiger charge is 2.27. The topological polar surface area (TPSA) is 29.4 Å². The average molecular weight is 186 g/mol. The zero-order valence-electron chi connectivity index (χ0n) is 6.00. The fraction of sp³-hybridized carbons (Fsp3) is 0.125. The van der Waals surface area contributed by atoms with Gasteiger partial charge in [-0.25, -0.2) is 4.79 Å². The van der Waals surface area contributed by atoms with Crippen molar-refractivity contribution in [2.75, 3.05) is 0 Å². The van der Waals surface area contributed by atoms with Gasteiger partial charge < -0.3 is 0 Å². The second-order valence-corrected chi connectivity index (χ2v) is 2.61. The van der Waals surface area contributed by atoms with Gasteiger partial charge in [0.15, 0.2) is 0 Å². The van der Waals surface area contributed by atoms with Gasteiger partial charge in [-0.3, -0.25) is 0 Å². The standard InChI is InChI=1S/C8H5ClFNO/c9-8(10,11-6-12)7-4-2-1-3-5-7/h1-5H. The quantitative estimate of drug-likeness (QED) is 0.301. The summed E-state index contributed by atoms with van der Waals surface area (Å²) in [6.45, 7) is 0. The Hall–Kier alpha value is -1.18. The molecule has 0 aliphatic heterocycles. The second-order valence-electron chi connectivity index (χ2n) is 2.11. The number of carbonyl (C=O) groups excluding carboxylic acids is 1. The van der Waals surface area contributed by atoms with Crippen molar-refractivity contribution in [1.82, 2.24) is 0 Å². The monoisotopic (exact) mass is 185 g/mol. The van der Waals surface area contributed by atoms with E-state index < -0.39 is 5.25 Å². The fourth-order valence-electron chi connectivity index (χ4n) is 0.761. The lowest BCUT2D eigenvalue weighted by molar-refractivity contribution is 0.297. The minimum absolute atomic E-state index is 0.120. The third-order valence-corrected chi connectivity index (χ3v) is 1.61. The summed E-state index contributed by atoms with van der Waals surface area (Å²) < 4.78 is 13.2. The summed E-state index contributed by atoms with van der Waals surface area (Å²) in [4.78, 5) is 12.6. The molecule has 1 rings (SSSR count). The molecule has 0 amide bonds. The van der Waals surface area contributed by atoms with Crippen LogP contribution in [0.25, 0.3) is 0 Å². The normalized spacial score (nSPS) is 14.5. The second kappa shape index (κ2) is 3.48. The lowest BCUT2D eigenvalue weighted by atomic mass is 10.2. The first kappa shape index (κ1) is 8.91. The number of aliphatic imine (C=N–C) groups is 1. The number of rotatable bonds is 2. The summed E-state index contributed by atoms with van der Waals surface area (Å²) in [5, 5.41) is -2.48. The molecule has 12 heavy (non-hydrogen) atoms. The van der Waals surface area contributed by atoms with E-state index in [1.807, 2.05) is 0 Å². The van der Waals surface area contributed by atoms with E-state index in [9.17, 15) is 9.18 Å². The van der Waals surface area contributed by atoms with Crippen molar-refractivity contribution in [3.05, 3.63) is 35.9 Å². The van der Waals surface area contributed by atoms with Gasteiger partial charge in [-0.15, -0.1) is 4.99 Å². The Labute approximate surface area is 73.7 Å². The predicted molar refractivity (Wildman–Crippen MR) is 43.2 cm³/mol. The molecule has 0 fully saturated rings. The summed E-state index contributed by atoms with van der Waals surface area (Å²) in [6.07, 6.45) is 1.07. The first-order valence-electron chi connectivity index (χ1n) is 3.19. The molecule has 0 bridgehead atoms. The molecular weight excluding hydrogens is 181 g/mol. The van der Waals surface area contributed by atoms with Crippen LogP contribution in [-0.4, -0.2) is 6.08 Å². The molecule has 0 spiro atoms. The molecule has 0 heterocycles. The predicted octanol–water partition coefficient (Wildman–Crippen LogP) is 2.34. The Morgan fingerprint density at radius 3 is 2.50 bits per heavy atom. The molecule has 2 nitrogen and oxygen atoms in total. The Balaban J connectivity index is 3.05. The van der Waals surface area contributed by atoms with Crippen LogP contribution in [0.1, 0.15) is 5.56 Å². The van der Waals surface area contributed by atoms with Gasteiger partial charge in [0.25, 0.3) is 0 Å². The SMILES string of the molecule is O=C=NC(F)(Cl)c1ccccc1. The van der Waals surface area contributed by atoms with Gasteiger partial charge in [0.2, 0.25) is 6.08 Å². The van der Waals surface area contributed by atoms with Crippen molar-refractivity contribution >= 4 is 17.7 Å². The van der Waals surface area contributed by atoms with E-state index in [0.717, 1.165) is 6.08 Å². The minimum Gasteiger partial charge on any atom is -0.211 e. The van der Waals surface area contributed by atoms with Crippen LogP contribution in [0, 0.1) is 0 Å². The molecule has 0 saturated heterocycles. The molecule has 0 radical (unpaired) electrons. The number of hydrogen-bond donors (Lipinski definition) is 0. The maximum atomic E-state index is 13.2. The molecule has 4 heteroatoms. The number of hydrogen-bond acceptors (Lipinski definition) is 2. The highest BCUT2D eigenvalue weighted by Crippen LogP contribution is 2.31. The van der Waals surface area contributed by atoms with E-state index in [2.05, 4.69) is 4.99 Å². The van der Waals surface area contributed by atoms with Crippen molar-refractivity contribution in [1.29, 1.82) is 0 Å². The zero-order valence-corrected chi connectivity index (χ0v) is 6.75. The number of benzene rings is 1. The van der Waals surface area contributed by atoms with E-state index in [1.54, 1.807) is 18.2 Å². The molecule has 62 valence electrons. The molecule has 1 aromatic rings. The maximum absolute atomic E-state index is 13.2. The van der Waals surface area contributed by atoms with Crippen molar-refractivity contribution in [3.63, 3.8) is 0 Å². The van der Waals surface area contributed by atoms with E-state index in [1.165, 1.54) is 12.1 Å². The lowest BCUT2D eigenvalue weighted by Gasteiger charge is -2.09. The van der Waals surface area contributed by atoms with E-state index >= 15 is 0 Å². The van der Waals surface area contributed by atoms with Crippen LogP contribution in [0.5, 0.6) is 0 Å². The highest BCUT2D eigenvalue weighted by atomic mass is 35.5. The minimum atomic E-state index is -2.48. The zero-order chi connectivity index (χ0) is 9.03. The van der Waals surface area contributed by atoms with Gasteiger partial charge in [0.1, 0.15) is 0 Å². The average Bonchev–Trinajstić information content (AvgIpc) is 2.06. The van der Waals surface area contributed by atoms with Crippen molar-refractivity contribution in [2.24, 2.45) is 4.99 Å². The van der Waals surface area contributed by atoms with E-state index in [0.29, 0.717) is 0 Å². The summed E-state index contributed by atoms with van der Waals surface area (Å²) in [5.41, 5.74) is 0.120. The van der Waals surface area contributed by atoms with Crippen LogP contribution in [0.4, 0.5) is 4.39 Å². The van der Waals surface area contributed by atoms with Crippen molar-refractivity contribution < 1.29 is 9.18 Å². The lowest BCUT2D eigenvalue weighted by Crippen LogP contribution is -2.06. The Kier molecular flexibility index (Phi) is 2.58. The number of nitrogens with zero attached hydrogens (tertiary/aromatic N) is 1. The van der Waals surface area contributed by atoms with Crippen molar-refractivity contribution in [2.45, 2.75) is 5.25 Å². The Morgan fingerprint density at radius 1 is 1.42 bits per heavy atom. The van der Waals surface area contributed by atoms with E-state index in [4.69, 9.17) is 11.6 Å². The summed E-state index contributed by atoms with van der Waals surface area (Å²) in [6, 6.07) is 7.79. The van der Waals surface area contributed by atoms with Crippen LogP contribution in [0.15, 0.2) is 35.3 Å². The molecule has 0 aliphatic rings. The fourth-order valence-corrected chi connectivity index (χ4v) is 0.921. The molecule has 1 aromatic carbocycles. The first-order chi connectivity index (χ1) is 5.67. The first-order valence-corrected chi connectivity index (χ1v) is 3.57. The van der Waals surface area contributed by atoms with E-state index in [-0.39, 0.29) is 5.56 Å². The van der Waals surface area contributed by atoms with Gasteiger partial charge in [-0.2, -0.15) is 4.39 Å². The molecule has 0 aromatic heterocycles. The van der Waals surface area contributed by atoms with Crippen LogP contribution >= 0.6 is 11.6 Å². The van der Waals surface area contributed by atoms with Crippen LogP contribution in [0.2, 0.25) is 0 Å². The van der Waals surface area contributed by atoms with Gasteiger partial charge in [-0.1, -0.05) is 41.9 Å². The summed E-state index contributed by atoms with van der Waals surface area (Å²) >= 11 is 5.27. The maximum Gasteiger partial charge on any atom is 0.311 e. The smallest absolute Gasteiger partial charge is 0.211 e. The van der Waals surface area contributed by atoms with Gasteiger partial charge in [0.05, 0.1) is 0 Å². The summed E-state index contributed by atoms with van der Waals surface area (Å²) in [7, 11) is 0. The number of halogens is 2. The third kappa shape index (κ3) is 1.91. The highest BCUT2D eigenvalue weighted by molar-refractivity contribution is 6.22. The molecule has 1 atom stereocenters. The molecule has 0 N–H and O–H groups in total. The number of isocyanates is 1. The van der Waals surface area contributed by atoms with Gasteiger partial charge in [-0.05, 0) is 0 Å². The van der Waals surface area contributed by atoms with Crippen molar-refractivity contribution in [3.8, 4) is 0 Å². The molecule has 0 saturated carbocycles. The third-order valence-electron chi connectivity index (χ3n) is 1.31. The molecule has 1 unspecified atom stereocenters. The Morgan fingerprint density at radius 2 is 2.00 bits per heavy atom. The van der Waals surface area contributed by atoms with Crippen LogP contribution in [0.3, 0.4) is 0 Å². The Bertz CT molecular complexity index is 306. The largest absolute Gasteiger partial charge is 0.311 e. The number of alkyl halides is 2. The van der Waals surface area contributed by atoms with Gasteiger partial charge in [0, 0.05) is 5.56 Å². The van der Waals surface area contributed by atoms with Gasteiger partial charge >= 0.3 is 5.25 Å². The molecular formula is C8H5ClFNO. The van der Waals surface area contributed by atoms with Crippen LogP contribution in [-0.2, 0) is 10.0 Å². The van der Waals surface area contributed by atoms with Crippen LogP contribution < -0.4 is 0 Å². The summed E-state index contributed by atoms with van der Waals surface area (Å²) in [5.74, 6) is 0.